The SMILES string of the molecule is O=C(Cn1cccc(C(F)(F)F)c1=O)NCC1(O)CCCC1. The van der Waals surface area contributed by atoms with E-state index in [-0.39, 0.29) is 6.54 Å². The third-order valence-electron chi connectivity index (χ3n) is 3.79. The molecular formula is C14H17F3N2O3. The van der Waals surface area contributed by atoms with E-state index in [2.05, 4.69) is 5.32 Å². The fourth-order valence-electron chi connectivity index (χ4n) is 2.56. The summed E-state index contributed by atoms with van der Waals surface area (Å²) in [6, 6.07) is 1.75. The average molecular weight is 318 g/mol. The summed E-state index contributed by atoms with van der Waals surface area (Å²) in [5.74, 6) is -0.609. The van der Waals surface area contributed by atoms with Crippen molar-refractivity contribution in [1.29, 1.82) is 0 Å². The number of carbonyl (C=O) groups is 1. The third kappa shape index (κ3) is 3.88. The molecule has 0 radical (unpaired) electrons. The van der Waals surface area contributed by atoms with Crippen LogP contribution in [0.25, 0.3) is 0 Å². The van der Waals surface area contributed by atoms with Crippen molar-refractivity contribution >= 4 is 5.91 Å². The summed E-state index contributed by atoms with van der Waals surface area (Å²) in [6.07, 6.45) is -0.719. The lowest BCUT2D eigenvalue weighted by molar-refractivity contribution is -0.139. The third-order valence-corrected chi connectivity index (χ3v) is 3.79. The van der Waals surface area contributed by atoms with Gasteiger partial charge in [-0.2, -0.15) is 13.2 Å². The fraction of sp³-hybridized carbons (Fsp3) is 0.571. The van der Waals surface area contributed by atoms with Crippen molar-refractivity contribution in [3.05, 3.63) is 34.2 Å². The van der Waals surface area contributed by atoms with Crippen LogP contribution in [0, 0.1) is 0 Å². The van der Waals surface area contributed by atoms with Gasteiger partial charge in [0.25, 0.3) is 5.56 Å². The minimum atomic E-state index is -4.75. The van der Waals surface area contributed by atoms with E-state index in [0.29, 0.717) is 23.5 Å². The number of aliphatic hydroxyl groups is 1. The van der Waals surface area contributed by atoms with E-state index in [0.717, 1.165) is 25.1 Å². The minimum absolute atomic E-state index is 0.0412. The van der Waals surface area contributed by atoms with Gasteiger partial charge < -0.3 is 15.0 Å². The molecule has 1 aromatic heterocycles. The number of hydrogen-bond donors (Lipinski definition) is 2. The van der Waals surface area contributed by atoms with Crippen molar-refractivity contribution in [1.82, 2.24) is 9.88 Å². The molecule has 8 heteroatoms. The minimum Gasteiger partial charge on any atom is -0.388 e. The highest BCUT2D eigenvalue weighted by Gasteiger charge is 2.34. The highest BCUT2D eigenvalue weighted by atomic mass is 19.4. The Morgan fingerprint density at radius 1 is 1.36 bits per heavy atom. The number of nitrogens with one attached hydrogen (secondary N) is 1. The first-order chi connectivity index (χ1) is 10.2. The quantitative estimate of drug-likeness (QED) is 0.879. The first-order valence-corrected chi connectivity index (χ1v) is 6.97. The maximum atomic E-state index is 12.6. The second-order valence-corrected chi connectivity index (χ2v) is 5.56. The Kier molecular flexibility index (Phi) is 4.60. The molecule has 0 atom stereocenters. The second-order valence-electron chi connectivity index (χ2n) is 5.56. The van der Waals surface area contributed by atoms with E-state index >= 15 is 0 Å². The second kappa shape index (κ2) is 6.12. The summed E-state index contributed by atoms with van der Waals surface area (Å²) < 4.78 is 38.6. The van der Waals surface area contributed by atoms with Gasteiger partial charge in [0.2, 0.25) is 5.91 Å². The van der Waals surface area contributed by atoms with Gasteiger partial charge in [0.05, 0.1) is 5.60 Å². The predicted octanol–water partition coefficient (Wildman–Crippen LogP) is 1.29. The Morgan fingerprint density at radius 3 is 2.59 bits per heavy atom. The van der Waals surface area contributed by atoms with E-state index in [1.165, 1.54) is 0 Å². The summed E-state index contributed by atoms with van der Waals surface area (Å²) in [6.45, 7) is -0.474. The molecule has 2 rings (SSSR count). The molecule has 0 aliphatic heterocycles. The molecule has 122 valence electrons. The van der Waals surface area contributed by atoms with Crippen molar-refractivity contribution in [2.75, 3.05) is 6.54 Å². The summed E-state index contributed by atoms with van der Waals surface area (Å²) in [4.78, 5) is 23.4. The number of halogens is 3. The van der Waals surface area contributed by atoms with Crippen LogP contribution in [0.15, 0.2) is 23.1 Å². The Balaban J connectivity index is 2.01. The fourth-order valence-corrected chi connectivity index (χ4v) is 2.56. The molecular weight excluding hydrogens is 301 g/mol. The molecule has 1 aliphatic rings. The number of amides is 1. The number of nitrogens with zero attached hydrogens (tertiary/aromatic N) is 1. The Morgan fingerprint density at radius 2 is 2.00 bits per heavy atom. The number of alkyl halides is 3. The normalized spacial score (nSPS) is 17.5. The van der Waals surface area contributed by atoms with Crippen LogP contribution in [-0.2, 0) is 17.5 Å². The van der Waals surface area contributed by atoms with E-state index in [1.54, 1.807) is 0 Å². The number of pyridine rings is 1. The lowest BCUT2D eigenvalue weighted by Gasteiger charge is -2.22. The Hall–Kier alpha value is -1.83. The van der Waals surface area contributed by atoms with Gasteiger partial charge in [-0.05, 0) is 25.0 Å². The lowest BCUT2D eigenvalue weighted by Crippen LogP contribution is -2.43. The van der Waals surface area contributed by atoms with Gasteiger partial charge in [-0.25, -0.2) is 0 Å². The van der Waals surface area contributed by atoms with Gasteiger partial charge in [0.1, 0.15) is 12.1 Å². The van der Waals surface area contributed by atoms with Crippen LogP contribution < -0.4 is 10.9 Å². The molecule has 0 spiro atoms. The maximum Gasteiger partial charge on any atom is 0.421 e. The predicted molar refractivity (Wildman–Crippen MR) is 72.1 cm³/mol. The summed E-state index contributed by atoms with van der Waals surface area (Å²) in [5, 5.41) is 12.5. The Labute approximate surface area is 124 Å². The maximum absolute atomic E-state index is 12.6. The zero-order chi connectivity index (χ0) is 16.4. The van der Waals surface area contributed by atoms with Gasteiger partial charge in [-0.1, -0.05) is 12.8 Å². The number of hydrogen-bond acceptors (Lipinski definition) is 3. The van der Waals surface area contributed by atoms with E-state index in [4.69, 9.17) is 0 Å². The van der Waals surface area contributed by atoms with E-state index < -0.39 is 35.4 Å². The first kappa shape index (κ1) is 16.5. The molecule has 2 N–H and O–H groups in total. The molecule has 1 saturated carbocycles. The first-order valence-electron chi connectivity index (χ1n) is 6.97. The number of carbonyl (C=O) groups excluding carboxylic acids is 1. The smallest absolute Gasteiger partial charge is 0.388 e. The van der Waals surface area contributed by atoms with Crippen LogP contribution >= 0.6 is 0 Å². The van der Waals surface area contributed by atoms with E-state index in [1.807, 2.05) is 0 Å². The van der Waals surface area contributed by atoms with Crippen LogP contribution in [0.5, 0.6) is 0 Å². The van der Waals surface area contributed by atoms with Gasteiger partial charge in [-0.3, -0.25) is 9.59 Å². The topological polar surface area (TPSA) is 71.3 Å². The van der Waals surface area contributed by atoms with E-state index in [9.17, 15) is 27.9 Å². The molecule has 1 aromatic rings. The molecule has 0 unspecified atom stereocenters. The zero-order valence-electron chi connectivity index (χ0n) is 11.8. The van der Waals surface area contributed by atoms with Gasteiger partial charge in [0.15, 0.2) is 0 Å². The molecule has 0 saturated heterocycles. The van der Waals surface area contributed by atoms with Crippen LogP contribution in [-0.4, -0.2) is 27.7 Å². The van der Waals surface area contributed by atoms with Gasteiger partial charge >= 0.3 is 6.18 Å². The van der Waals surface area contributed by atoms with Crippen molar-refractivity contribution in [3.63, 3.8) is 0 Å². The molecule has 0 bridgehead atoms. The number of rotatable bonds is 4. The molecule has 5 nitrogen and oxygen atoms in total. The van der Waals surface area contributed by atoms with Crippen LogP contribution in [0.1, 0.15) is 31.2 Å². The standard InChI is InChI=1S/C14H17F3N2O3/c15-14(16,17)10-4-3-7-19(12(10)21)8-11(20)18-9-13(22)5-1-2-6-13/h3-4,7,22H,1-2,5-6,8-9H2,(H,18,20). The van der Waals surface area contributed by atoms with Crippen molar-refractivity contribution in [2.45, 2.75) is 44.0 Å². The van der Waals surface area contributed by atoms with Crippen LogP contribution in [0.3, 0.4) is 0 Å². The molecule has 1 amide bonds. The Bertz CT molecular complexity index is 604. The molecule has 0 aromatic carbocycles. The zero-order valence-corrected chi connectivity index (χ0v) is 11.8. The largest absolute Gasteiger partial charge is 0.421 e. The van der Waals surface area contributed by atoms with Crippen LogP contribution in [0.4, 0.5) is 13.2 Å². The number of aromatic nitrogens is 1. The summed E-state index contributed by atoms with van der Waals surface area (Å²) in [7, 11) is 0. The highest BCUT2D eigenvalue weighted by molar-refractivity contribution is 5.75. The monoisotopic (exact) mass is 318 g/mol. The molecule has 1 aliphatic carbocycles. The summed E-state index contributed by atoms with van der Waals surface area (Å²) in [5.41, 5.74) is -3.52. The van der Waals surface area contributed by atoms with Crippen LogP contribution in [0.2, 0.25) is 0 Å². The van der Waals surface area contributed by atoms with Crippen molar-refractivity contribution < 1.29 is 23.1 Å². The lowest BCUT2D eigenvalue weighted by atomic mass is 10.0. The average Bonchev–Trinajstić information content (AvgIpc) is 2.85. The van der Waals surface area contributed by atoms with Crippen molar-refractivity contribution in [3.8, 4) is 0 Å². The summed E-state index contributed by atoms with van der Waals surface area (Å²) >= 11 is 0. The van der Waals surface area contributed by atoms with Gasteiger partial charge in [0, 0.05) is 12.7 Å². The molecule has 22 heavy (non-hydrogen) atoms. The molecule has 1 heterocycles. The van der Waals surface area contributed by atoms with Crippen molar-refractivity contribution in [2.24, 2.45) is 0 Å². The highest BCUT2D eigenvalue weighted by Crippen LogP contribution is 2.28. The molecule has 1 fully saturated rings. The van der Waals surface area contributed by atoms with Gasteiger partial charge in [-0.15, -0.1) is 0 Å².